The van der Waals surface area contributed by atoms with E-state index in [1.165, 1.54) is 11.1 Å². The molecule has 0 bridgehead atoms. The number of aryl methyl sites for hydroxylation is 2. The summed E-state index contributed by atoms with van der Waals surface area (Å²) in [5.41, 5.74) is 4.97. The van der Waals surface area contributed by atoms with Gasteiger partial charge in [0.05, 0.1) is 6.61 Å². The number of benzene rings is 3. The highest BCUT2D eigenvalue weighted by atomic mass is 32.1. The summed E-state index contributed by atoms with van der Waals surface area (Å²) in [5, 5.41) is 1.02. The lowest BCUT2D eigenvalue weighted by atomic mass is 9.97. The zero-order chi connectivity index (χ0) is 21.1. The molecule has 0 spiro atoms. The molecule has 0 fully saturated rings. The van der Waals surface area contributed by atoms with Gasteiger partial charge in [0.15, 0.2) is 5.78 Å². The van der Waals surface area contributed by atoms with Crippen LogP contribution in [0.5, 0.6) is 5.75 Å². The fourth-order valence-electron chi connectivity index (χ4n) is 3.52. The summed E-state index contributed by atoms with van der Waals surface area (Å²) in [7, 11) is 0. The van der Waals surface area contributed by atoms with Crippen molar-refractivity contribution in [1.82, 2.24) is 0 Å². The molecule has 2 nitrogen and oxygen atoms in total. The maximum Gasteiger partial charge on any atom is 0.195 e. The van der Waals surface area contributed by atoms with Crippen LogP contribution < -0.4 is 4.74 Å². The van der Waals surface area contributed by atoms with Gasteiger partial charge in [-0.15, -0.1) is 11.3 Å². The number of ketones is 1. The molecule has 0 aliphatic heterocycles. The predicted octanol–water partition coefficient (Wildman–Crippen LogP) is 7.60. The molecule has 0 N–H and O–H groups in total. The second-order valence-corrected chi connectivity index (χ2v) is 8.78. The summed E-state index contributed by atoms with van der Waals surface area (Å²) in [4.78, 5) is 14.6. The third-order valence-electron chi connectivity index (χ3n) is 5.27. The molecule has 0 saturated carbocycles. The number of hydrogen-bond acceptors (Lipinski definition) is 3. The number of fused-ring (bicyclic) bond motifs is 1. The summed E-state index contributed by atoms with van der Waals surface area (Å²) in [6.45, 7) is 7.01. The first-order chi connectivity index (χ1) is 14.6. The van der Waals surface area contributed by atoms with Crippen LogP contribution in [0.2, 0.25) is 0 Å². The summed E-state index contributed by atoms with van der Waals surface area (Å²) in [5.74, 6) is 0.866. The van der Waals surface area contributed by atoms with Crippen LogP contribution in [-0.4, -0.2) is 12.4 Å². The van der Waals surface area contributed by atoms with Gasteiger partial charge in [-0.3, -0.25) is 4.79 Å². The summed E-state index contributed by atoms with van der Waals surface area (Å²) in [6.07, 6.45) is 2.13. The fourth-order valence-corrected chi connectivity index (χ4v) is 4.82. The third kappa shape index (κ3) is 4.17. The van der Waals surface area contributed by atoms with E-state index in [-0.39, 0.29) is 5.78 Å². The van der Waals surface area contributed by atoms with Crippen molar-refractivity contribution in [3.05, 3.63) is 89.0 Å². The molecular formula is C27H26O2S. The molecule has 1 aromatic heterocycles. The molecule has 0 radical (unpaired) electrons. The minimum Gasteiger partial charge on any atom is -0.494 e. The molecule has 3 aromatic carbocycles. The van der Waals surface area contributed by atoms with Gasteiger partial charge in [0.25, 0.3) is 0 Å². The van der Waals surface area contributed by atoms with Crippen molar-refractivity contribution in [3.63, 3.8) is 0 Å². The van der Waals surface area contributed by atoms with E-state index in [4.69, 9.17) is 4.74 Å². The van der Waals surface area contributed by atoms with Crippen LogP contribution in [0.3, 0.4) is 0 Å². The average Bonchev–Trinajstić information content (AvgIpc) is 3.13. The Bertz CT molecular complexity index is 1170. The lowest BCUT2D eigenvalue weighted by molar-refractivity contribution is 0.104. The van der Waals surface area contributed by atoms with Crippen molar-refractivity contribution in [2.75, 3.05) is 6.61 Å². The van der Waals surface area contributed by atoms with Crippen molar-refractivity contribution in [2.45, 2.75) is 33.6 Å². The van der Waals surface area contributed by atoms with Gasteiger partial charge < -0.3 is 4.74 Å². The molecule has 0 aliphatic rings. The molecule has 0 amide bonds. The SMILES string of the molecule is CCCCOc1ccc(C(=O)c2c(-c3ccc(C)cc3)sc3cc(C)ccc23)cc1. The first kappa shape index (κ1) is 20.4. The van der Waals surface area contributed by atoms with Crippen LogP contribution >= 0.6 is 11.3 Å². The van der Waals surface area contributed by atoms with Gasteiger partial charge in [0, 0.05) is 26.1 Å². The highest BCUT2D eigenvalue weighted by Crippen LogP contribution is 2.40. The second-order valence-electron chi connectivity index (χ2n) is 7.73. The highest BCUT2D eigenvalue weighted by molar-refractivity contribution is 7.22. The quantitative estimate of drug-likeness (QED) is 0.230. The van der Waals surface area contributed by atoms with Crippen LogP contribution in [0.25, 0.3) is 20.5 Å². The molecule has 3 heteroatoms. The Balaban J connectivity index is 1.76. The average molecular weight is 415 g/mol. The zero-order valence-corrected chi connectivity index (χ0v) is 18.5. The van der Waals surface area contributed by atoms with Gasteiger partial charge in [-0.05, 0) is 61.7 Å². The van der Waals surface area contributed by atoms with Gasteiger partial charge in [-0.2, -0.15) is 0 Å². The lowest BCUT2D eigenvalue weighted by Gasteiger charge is -2.08. The minimum absolute atomic E-state index is 0.0563. The van der Waals surface area contributed by atoms with E-state index in [2.05, 4.69) is 63.2 Å². The maximum absolute atomic E-state index is 13.6. The van der Waals surface area contributed by atoms with Crippen LogP contribution in [-0.2, 0) is 0 Å². The van der Waals surface area contributed by atoms with E-state index in [0.717, 1.165) is 44.7 Å². The Morgan fingerprint density at radius 1 is 0.900 bits per heavy atom. The summed E-state index contributed by atoms with van der Waals surface area (Å²) in [6, 6.07) is 22.3. The topological polar surface area (TPSA) is 26.3 Å². The third-order valence-corrected chi connectivity index (χ3v) is 6.47. The van der Waals surface area contributed by atoms with E-state index in [1.807, 2.05) is 24.3 Å². The van der Waals surface area contributed by atoms with Crippen molar-refractivity contribution in [2.24, 2.45) is 0 Å². The normalized spacial score (nSPS) is 11.0. The molecule has 4 rings (SSSR count). The molecule has 152 valence electrons. The van der Waals surface area contributed by atoms with Crippen LogP contribution in [0, 0.1) is 13.8 Å². The van der Waals surface area contributed by atoms with Gasteiger partial charge in [-0.1, -0.05) is 55.3 Å². The Kier molecular flexibility index (Phi) is 6.01. The van der Waals surface area contributed by atoms with E-state index in [9.17, 15) is 4.79 Å². The smallest absolute Gasteiger partial charge is 0.195 e. The molecule has 30 heavy (non-hydrogen) atoms. The first-order valence-electron chi connectivity index (χ1n) is 10.4. The van der Waals surface area contributed by atoms with E-state index < -0.39 is 0 Å². The number of carbonyl (C=O) groups excluding carboxylic acids is 1. The Hall–Kier alpha value is -2.91. The first-order valence-corrected chi connectivity index (χ1v) is 11.3. The number of unbranched alkanes of at least 4 members (excludes halogenated alkanes) is 1. The summed E-state index contributed by atoms with van der Waals surface area (Å²) >= 11 is 1.69. The molecule has 0 aliphatic carbocycles. The van der Waals surface area contributed by atoms with Crippen molar-refractivity contribution < 1.29 is 9.53 Å². The zero-order valence-electron chi connectivity index (χ0n) is 17.7. The van der Waals surface area contributed by atoms with E-state index in [1.54, 1.807) is 11.3 Å². The minimum atomic E-state index is 0.0563. The number of carbonyl (C=O) groups is 1. The molecular weight excluding hydrogens is 388 g/mol. The number of hydrogen-bond donors (Lipinski definition) is 0. The van der Waals surface area contributed by atoms with Gasteiger partial charge in [0.1, 0.15) is 5.75 Å². The molecule has 1 heterocycles. The van der Waals surface area contributed by atoms with Crippen molar-refractivity contribution >= 4 is 27.2 Å². The van der Waals surface area contributed by atoms with Crippen molar-refractivity contribution in [3.8, 4) is 16.2 Å². The second kappa shape index (κ2) is 8.85. The van der Waals surface area contributed by atoms with Crippen LogP contribution in [0.15, 0.2) is 66.7 Å². The molecule has 0 atom stereocenters. The Labute approximate surface area is 182 Å². The van der Waals surface area contributed by atoms with Crippen molar-refractivity contribution in [1.29, 1.82) is 0 Å². The Morgan fingerprint density at radius 3 is 2.30 bits per heavy atom. The number of rotatable bonds is 7. The highest BCUT2D eigenvalue weighted by Gasteiger charge is 2.21. The van der Waals surface area contributed by atoms with Crippen LogP contribution in [0.4, 0.5) is 0 Å². The van der Waals surface area contributed by atoms with Gasteiger partial charge in [-0.25, -0.2) is 0 Å². The predicted molar refractivity (Wildman–Crippen MR) is 127 cm³/mol. The van der Waals surface area contributed by atoms with E-state index in [0.29, 0.717) is 12.2 Å². The largest absolute Gasteiger partial charge is 0.494 e. The summed E-state index contributed by atoms with van der Waals surface area (Å²) < 4.78 is 6.90. The molecule has 0 unspecified atom stereocenters. The van der Waals surface area contributed by atoms with Gasteiger partial charge >= 0.3 is 0 Å². The Morgan fingerprint density at radius 2 is 1.60 bits per heavy atom. The number of thiophene rings is 1. The van der Waals surface area contributed by atoms with E-state index >= 15 is 0 Å². The number of ether oxygens (including phenoxy) is 1. The molecule has 0 saturated heterocycles. The fraction of sp³-hybridized carbons (Fsp3) is 0.222. The molecule has 4 aromatic rings. The van der Waals surface area contributed by atoms with Crippen LogP contribution in [0.1, 0.15) is 46.8 Å². The van der Waals surface area contributed by atoms with Gasteiger partial charge in [0.2, 0.25) is 0 Å². The standard InChI is InChI=1S/C27H26O2S/c1-4-5-16-29-22-13-11-20(12-14-22)26(28)25-23-15-8-19(3)17-24(23)30-27(25)21-9-6-18(2)7-10-21/h6-15,17H,4-5,16H2,1-3H3. The monoisotopic (exact) mass is 414 g/mol. The lowest BCUT2D eigenvalue weighted by Crippen LogP contribution is -2.03. The maximum atomic E-state index is 13.6.